The van der Waals surface area contributed by atoms with Gasteiger partial charge in [0.2, 0.25) is 5.91 Å². The van der Waals surface area contributed by atoms with E-state index in [1.54, 1.807) is 10.7 Å². The summed E-state index contributed by atoms with van der Waals surface area (Å²) in [4.78, 5) is 20.7. The van der Waals surface area contributed by atoms with Gasteiger partial charge >= 0.3 is 0 Å². The Morgan fingerprint density at radius 1 is 1.00 bits per heavy atom. The number of hydrogen-bond donors (Lipinski definition) is 1. The minimum atomic E-state index is -0.320. The van der Waals surface area contributed by atoms with Crippen LogP contribution >= 0.6 is 11.6 Å². The van der Waals surface area contributed by atoms with Crippen LogP contribution < -0.4 is 10.8 Å². The molecule has 40 heavy (non-hydrogen) atoms. The van der Waals surface area contributed by atoms with Gasteiger partial charge in [0.15, 0.2) is 5.65 Å². The first-order valence-electron chi connectivity index (χ1n) is 13.6. The lowest BCUT2D eigenvalue weighted by atomic mass is 9.88. The van der Waals surface area contributed by atoms with Gasteiger partial charge in [-0.15, -0.1) is 0 Å². The van der Waals surface area contributed by atoms with Crippen molar-refractivity contribution in [2.45, 2.75) is 18.8 Å². The molecule has 1 aliphatic heterocycles. The number of benzene rings is 3. The van der Waals surface area contributed by atoms with E-state index in [2.05, 4.69) is 10.4 Å². The van der Waals surface area contributed by atoms with Gasteiger partial charge < -0.3 is 10.2 Å². The number of anilines is 1. The molecular weight excluding hydrogens is 517 g/mol. The lowest BCUT2D eigenvalue weighted by Gasteiger charge is -2.35. The van der Waals surface area contributed by atoms with Gasteiger partial charge in [0.25, 0.3) is 0 Å². The number of aromatic nitrogens is 3. The zero-order chi connectivity index (χ0) is 27.5. The molecule has 2 radical (unpaired) electrons. The Morgan fingerprint density at radius 3 is 2.38 bits per heavy atom. The number of nitrogens with zero attached hydrogens (tertiary/aromatic N) is 4. The number of piperidine rings is 1. The third kappa shape index (κ3) is 5.34. The molecule has 2 aromatic heterocycles. The molecule has 198 valence electrons. The number of nitrogens with one attached hydrogen (secondary N) is 1. The van der Waals surface area contributed by atoms with Crippen LogP contribution in [-0.4, -0.2) is 52.9 Å². The fourth-order valence-electron chi connectivity index (χ4n) is 5.54. The summed E-state index contributed by atoms with van der Waals surface area (Å²) in [5, 5.41) is 8.64. The molecule has 8 heteroatoms. The van der Waals surface area contributed by atoms with Gasteiger partial charge in [-0.2, -0.15) is 9.61 Å². The Balaban J connectivity index is 1.22. The van der Waals surface area contributed by atoms with Crippen molar-refractivity contribution in [2.24, 2.45) is 5.92 Å². The van der Waals surface area contributed by atoms with Gasteiger partial charge in [0.05, 0.1) is 11.6 Å². The number of hydrogen-bond acceptors (Lipinski definition) is 4. The summed E-state index contributed by atoms with van der Waals surface area (Å²) in [7, 11) is 6.19. The van der Waals surface area contributed by atoms with E-state index in [-0.39, 0.29) is 17.7 Å². The van der Waals surface area contributed by atoms with Crippen LogP contribution in [0.15, 0.2) is 97.2 Å². The SMILES string of the molecule is [B]c1cnn2c(NCC3CCCN(C(=O)C(c4ccccc4)c4ccccc4)C3)cc(-c3ccccc3Cl)nc12. The summed E-state index contributed by atoms with van der Waals surface area (Å²) in [6, 6.07) is 29.7. The maximum atomic E-state index is 14.0. The third-order valence-corrected chi connectivity index (χ3v) is 7.89. The maximum absolute atomic E-state index is 14.0. The highest BCUT2D eigenvalue weighted by molar-refractivity contribution is 6.36. The number of halogens is 1. The number of carbonyl (C=O) groups excluding carboxylic acids is 1. The topological polar surface area (TPSA) is 62.5 Å². The highest BCUT2D eigenvalue weighted by Crippen LogP contribution is 2.31. The predicted molar refractivity (Wildman–Crippen MR) is 161 cm³/mol. The average molecular weight is 546 g/mol. The van der Waals surface area contributed by atoms with Crippen LogP contribution in [0.1, 0.15) is 29.9 Å². The molecule has 1 unspecified atom stereocenters. The van der Waals surface area contributed by atoms with E-state index >= 15 is 0 Å². The monoisotopic (exact) mass is 545 g/mol. The van der Waals surface area contributed by atoms with Crippen molar-refractivity contribution in [1.29, 1.82) is 0 Å². The summed E-state index contributed by atoms with van der Waals surface area (Å²) < 4.78 is 1.72. The van der Waals surface area contributed by atoms with E-state index in [9.17, 15) is 4.79 Å². The molecule has 0 saturated carbocycles. The lowest BCUT2D eigenvalue weighted by molar-refractivity contribution is -0.133. The molecule has 1 N–H and O–H groups in total. The summed E-state index contributed by atoms with van der Waals surface area (Å²) in [5.74, 6) is 0.893. The van der Waals surface area contributed by atoms with Gasteiger partial charge in [-0.05, 0) is 41.4 Å². The standard InChI is InChI=1S/C32H29BClN5O/c33-26-20-36-39-29(18-28(37-31(26)39)25-15-7-8-16-27(25)34)35-19-22-10-9-17-38(21-22)32(40)30(23-11-3-1-4-12-23)24-13-5-2-6-14-24/h1-8,11-16,18,20,22,30,35H,9-10,17,19,21H2. The number of rotatable bonds is 7. The summed E-state index contributed by atoms with van der Waals surface area (Å²) >= 11 is 6.48. The van der Waals surface area contributed by atoms with Crippen LogP contribution in [0.5, 0.6) is 0 Å². The zero-order valence-electron chi connectivity index (χ0n) is 22.1. The second kappa shape index (κ2) is 11.6. The van der Waals surface area contributed by atoms with E-state index < -0.39 is 0 Å². The van der Waals surface area contributed by atoms with Crippen molar-refractivity contribution >= 4 is 42.3 Å². The molecule has 0 bridgehead atoms. The number of amides is 1. The molecule has 0 aliphatic carbocycles. The quantitative estimate of drug-likeness (QED) is 0.281. The third-order valence-electron chi connectivity index (χ3n) is 7.56. The number of fused-ring (bicyclic) bond motifs is 1. The lowest BCUT2D eigenvalue weighted by Crippen LogP contribution is -2.44. The van der Waals surface area contributed by atoms with E-state index in [1.807, 2.05) is 95.9 Å². The molecule has 1 aliphatic rings. The molecule has 3 heterocycles. The van der Waals surface area contributed by atoms with Gasteiger partial charge in [0, 0.05) is 42.5 Å². The highest BCUT2D eigenvalue weighted by Gasteiger charge is 2.31. The Hall–Kier alpha value is -4.10. The first-order valence-corrected chi connectivity index (χ1v) is 14.0. The van der Waals surface area contributed by atoms with Crippen LogP contribution in [0, 0.1) is 5.92 Å². The molecule has 1 saturated heterocycles. The van der Waals surface area contributed by atoms with Crippen LogP contribution in [0.2, 0.25) is 5.02 Å². The Morgan fingerprint density at radius 2 is 1.68 bits per heavy atom. The van der Waals surface area contributed by atoms with Gasteiger partial charge in [-0.25, -0.2) is 4.98 Å². The largest absolute Gasteiger partial charge is 0.370 e. The van der Waals surface area contributed by atoms with Crippen LogP contribution in [0.4, 0.5) is 5.82 Å². The first-order chi connectivity index (χ1) is 19.6. The molecule has 1 fully saturated rings. The Kier molecular flexibility index (Phi) is 7.56. The molecule has 5 aromatic rings. The summed E-state index contributed by atoms with van der Waals surface area (Å²) in [5.41, 5.74) is 4.66. The molecule has 1 amide bonds. The van der Waals surface area contributed by atoms with Gasteiger partial charge in [0.1, 0.15) is 13.7 Å². The normalized spacial score (nSPS) is 15.4. The fourth-order valence-corrected chi connectivity index (χ4v) is 5.78. The van der Waals surface area contributed by atoms with Crippen molar-refractivity contribution in [3.05, 3.63) is 113 Å². The fraction of sp³-hybridized carbons (Fsp3) is 0.219. The van der Waals surface area contributed by atoms with Crippen molar-refractivity contribution in [2.75, 3.05) is 25.0 Å². The van der Waals surface area contributed by atoms with Crippen LogP contribution in [-0.2, 0) is 4.79 Å². The van der Waals surface area contributed by atoms with Gasteiger partial charge in [-0.1, -0.05) is 90.5 Å². The van der Waals surface area contributed by atoms with Crippen molar-refractivity contribution in [3.8, 4) is 11.3 Å². The average Bonchev–Trinajstić information content (AvgIpc) is 3.38. The summed E-state index contributed by atoms with van der Waals surface area (Å²) in [6.45, 7) is 2.14. The minimum Gasteiger partial charge on any atom is -0.370 e. The zero-order valence-corrected chi connectivity index (χ0v) is 22.8. The highest BCUT2D eigenvalue weighted by atomic mass is 35.5. The molecule has 6 nitrogen and oxygen atoms in total. The second-order valence-electron chi connectivity index (χ2n) is 10.3. The molecular formula is C32H29BClN5O. The smallest absolute Gasteiger partial charge is 0.234 e. The number of carbonyl (C=O) groups is 1. The Bertz CT molecular complexity index is 1590. The van der Waals surface area contributed by atoms with E-state index in [1.165, 1.54) is 0 Å². The summed E-state index contributed by atoms with van der Waals surface area (Å²) in [6.07, 6.45) is 3.60. The van der Waals surface area contributed by atoms with E-state index in [0.717, 1.165) is 47.6 Å². The molecule has 6 rings (SSSR count). The minimum absolute atomic E-state index is 0.147. The van der Waals surface area contributed by atoms with Crippen LogP contribution in [0.25, 0.3) is 16.9 Å². The predicted octanol–water partition coefficient (Wildman–Crippen LogP) is 5.33. The second-order valence-corrected chi connectivity index (χ2v) is 10.7. The number of likely N-dealkylation sites (tertiary alicyclic amines) is 1. The van der Waals surface area contributed by atoms with Crippen molar-refractivity contribution in [3.63, 3.8) is 0 Å². The molecule has 0 spiro atoms. The molecule has 1 atom stereocenters. The molecule has 3 aromatic carbocycles. The van der Waals surface area contributed by atoms with Crippen LogP contribution in [0.3, 0.4) is 0 Å². The van der Waals surface area contributed by atoms with Gasteiger partial charge in [-0.3, -0.25) is 4.79 Å². The van der Waals surface area contributed by atoms with Crippen molar-refractivity contribution < 1.29 is 4.79 Å². The van der Waals surface area contributed by atoms with Crippen molar-refractivity contribution in [1.82, 2.24) is 19.5 Å². The first kappa shape index (κ1) is 26.1. The maximum Gasteiger partial charge on any atom is 0.234 e. The Labute approximate surface area is 240 Å². The van der Waals surface area contributed by atoms with E-state index in [0.29, 0.717) is 29.2 Å². The van der Waals surface area contributed by atoms with E-state index in [4.69, 9.17) is 24.4 Å².